The molecule has 1 N–H and O–H groups in total. The molecular weight excluding hydrogens is 484 g/mol. The van der Waals surface area contributed by atoms with E-state index >= 15 is 0 Å². The molecule has 0 radical (unpaired) electrons. The average Bonchev–Trinajstić information content (AvgIpc) is 3.39. The number of likely N-dealkylation sites (tertiary alicyclic amines) is 1. The van der Waals surface area contributed by atoms with Gasteiger partial charge in [0.15, 0.2) is 11.6 Å². The van der Waals surface area contributed by atoms with Crippen LogP contribution in [0.1, 0.15) is 33.6 Å². The lowest BCUT2D eigenvalue weighted by Crippen LogP contribution is -2.58. The largest absolute Gasteiger partial charge is 0.487 e. The van der Waals surface area contributed by atoms with Gasteiger partial charge >= 0.3 is 0 Å². The third-order valence-electron chi connectivity index (χ3n) is 6.88. The van der Waals surface area contributed by atoms with Gasteiger partial charge in [0.25, 0.3) is 0 Å². The summed E-state index contributed by atoms with van der Waals surface area (Å²) < 4.78 is 64.6. The Morgan fingerprint density at radius 3 is 2.49 bits per heavy atom. The molecule has 2 amide bonds. The van der Waals surface area contributed by atoms with E-state index in [1.807, 2.05) is 6.92 Å². The van der Waals surface area contributed by atoms with Crippen molar-refractivity contribution < 1.29 is 36.3 Å². The minimum Gasteiger partial charge on any atom is -0.487 e. The number of amides is 2. The standard InChI is InChI=1S/C23H33F2N3O6S/c1-6-13(2)22(29)26-20(14(3)33-4)23(30)27-10-9-18-21(27)19(12-28(18)35(5,31)32)34-15-7-8-16(24)17(25)11-15/h7-8,11,13-14,18-21H,6,9-10,12H2,1-5H3,(H,26,29)/t13-,14-,18-,19+,20+,21+/m1/s1. The predicted octanol–water partition coefficient (Wildman–Crippen LogP) is 1.52. The Hall–Kier alpha value is -2.31. The molecule has 1 aromatic carbocycles. The maximum absolute atomic E-state index is 13.8. The van der Waals surface area contributed by atoms with Crippen LogP contribution in [0.5, 0.6) is 5.75 Å². The highest BCUT2D eigenvalue weighted by Gasteiger charge is 2.55. The van der Waals surface area contributed by atoms with Crippen LogP contribution in [-0.4, -0.2) is 86.2 Å². The third kappa shape index (κ3) is 5.75. The van der Waals surface area contributed by atoms with Gasteiger partial charge in [-0.1, -0.05) is 13.8 Å². The van der Waals surface area contributed by atoms with E-state index in [1.54, 1.807) is 13.8 Å². The summed E-state index contributed by atoms with van der Waals surface area (Å²) in [6.45, 7) is 5.47. The zero-order valence-corrected chi connectivity index (χ0v) is 21.3. The van der Waals surface area contributed by atoms with E-state index < -0.39 is 57.9 Å². The number of methoxy groups -OCH3 is 1. The molecule has 0 unspecified atom stereocenters. The SMILES string of the molecule is CC[C@@H](C)C(=O)N[C@H](C(=O)N1CC[C@@H]2[C@H]1[C@@H](Oc1ccc(F)c(F)c1)CN2S(C)(=O)=O)[C@@H](C)OC. The molecule has 6 atom stereocenters. The number of fused-ring (bicyclic) bond motifs is 1. The zero-order valence-electron chi connectivity index (χ0n) is 20.5. The highest BCUT2D eigenvalue weighted by molar-refractivity contribution is 7.88. The van der Waals surface area contributed by atoms with E-state index in [1.165, 1.54) is 22.4 Å². The molecule has 0 aliphatic carbocycles. The number of carbonyl (C=O) groups excluding carboxylic acids is 2. The fraction of sp³-hybridized carbons (Fsp3) is 0.652. The molecule has 2 aliphatic rings. The average molecular weight is 518 g/mol. The van der Waals surface area contributed by atoms with Crippen LogP contribution in [0.15, 0.2) is 18.2 Å². The highest BCUT2D eigenvalue weighted by Crippen LogP contribution is 2.36. The second-order valence-corrected chi connectivity index (χ2v) is 11.1. The molecule has 0 aromatic heterocycles. The summed E-state index contributed by atoms with van der Waals surface area (Å²) in [5.41, 5.74) is 0. The van der Waals surface area contributed by atoms with Crippen LogP contribution in [-0.2, 0) is 24.3 Å². The summed E-state index contributed by atoms with van der Waals surface area (Å²) in [5, 5.41) is 2.78. The van der Waals surface area contributed by atoms with Crippen LogP contribution in [0.25, 0.3) is 0 Å². The number of carbonyl (C=O) groups is 2. The summed E-state index contributed by atoms with van der Waals surface area (Å²) in [6, 6.07) is 0.835. The minimum atomic E-state index is -3.63. The second-order valence-electron chi connectivity index (χ2n) is 9.18. The van der Waals surface area contributed by atoms with Gasteiger partial charge < -0.3 is 19.7 Å². The van der Waals surface area contributed by atoms with Crippen molar-refractivity contribution in [2.45, 2.75) is 63.9 Å². The molecule has 1 aromatic rings. The number of nitrogens with zero attached hydrogens (tertiary/aromatic N) is 2. The molecule has 0 bridgehead atoms. The van der Waals surface area contributed by atoms with Gasteiger partial charge in [0.05, 0.1) is 31.0 Å². The lowest BCUT2D eigenvalue weighted by Gasteiger charge is -2.34. The summed E-state index contributed by atoms with van der Waals surface area (Å²) in [5.74, 6) is -3.13. The molecule has 0 spiro atoms. The van der Waals surface area contributed by atoms with Crippen molar-refractivity contribution in [2.75, 3.05) is 26.5 Å². The van der Waals surface area contributed by atoms with Crippen LogP contribution >= 0.6 is 0 Å². The van der Waals surface area contributed by atoms with Crippen LogP contribution in [0.4, 0.5) is 8.78 Å². The number of ether oxygens (including phenoxy) is 2. The smallest absolute Gasteiger partial charge is 0.248 e. The summed E-state index contributed by atoms with van der Waals surface area (Å²) in [4.78, 5) is 27.8. The predicted molar refractivity (Wildman–Crippen MR) is 124 cm³/mol. The van der Waals surface area contributed by atoms with E-state index in [0.29, 0.717) is 12.8 Å². The quantitative estimate of drug-likeness (QED) is 0.533. The lowest BCUT2D eigenvalue weighted by molar-refractivity contribution is -0.142. The maximum Gasteiger partial charge on any atom is 0.248 e. The number of halogens is 2. The van der Waals surface area contributed by atoms with Crippen molar-refractivity contribution in [2.24, 2.45) is 5.92 Å². The van der Waals surface area contributed by atoms with Crippen molar-refractivity contribution in [1.82, 2.24) is 14.5 Å². The van der Waals surface area contributed by atoms with Gasteiger partial charge in [0.2, 0.25) is 21.8 Å². The Morgan fingerprint density at radius 1 is 1.23 bits per heavy atom. The molecule has 0 saturated carbocycles. The van der Waals surface area contributed by atoms with Crippen LogP contribution in [0.3, 0.4) is 0 Å². The first kappa shape index (κ1) is 27.3. The summed E-state index contributed by atoms with van der Waals surface area (Å²) in [7, 11) is -2.20. The normalized spacial score (nSPS) is 25.1. The van der Waals surface area contributed by atoms with Crippen molar-refractivity contribution in [3.8, 4) is 5.75 Å². The first-order chi connectivity index (χ1) is 16.4. The highest BCUT2D eigenvalue weighted by atomic mass is 32.2. The second kappa shape index (κ2) is 10.8. The van der Waals surface area contributed by atoms with E-state index in [9.17, 15) is 26.8 Å². The third-order valence-corrected chi connectivity index (χ3v) is 8.15. The fourth-order valence-corrected chi connectivity index (χ4v) is 5.77. The Bertz CT molecular complexity index is 1060. The van der Waals surface area contributed by atoms with E-state index in [4.69, 9.17) is 9.47 Å². The first-order valence-electron chi connectivity index (χ1n) is 11.6. The monoisotopic (exact) mass is 517 g/mol. The molecule has 35 heavy (non-hydrogen) atoms. The van der Waals surface area contributed by atoms with Gasteiger partial charge in [-0.05, 0) is 31.9 Å². The summed E-state index contributed by atoms with van der Waals surface area (Å²) >= 11 is 0. The Labute approximate surface area is 204 Å². The number of hydrogen-bond acceptors (Lipinski definition) is 6. The van der Waals surface area contributed by atoms with Gasteiger partial charge in [0, 0.05) is 25.6 Å². The van der Waals surface area contributed by atoms with Crippen molar-refractivity contribution in [3.05, 3.63) is 29.8 Å². The number of nitrogens with one attached hydrogen (secondary N) is 1. The van der Waals surface area contributed by atoms with Crippen LogP contribution in [0.2, 0.25) is 0 Å². The molecule has 12 heteroatoms. The molecule has 2 fully saturated rings. The van der Waals surface area contributed by atoms with Gasteiger partial charge in [-0.3, -0.25) is 9.59 Å². The number of rotatable bonds is 9. The van der Waals surface area contributed by atoms with E-state index in [-0.39, 0.29) is 30.7 Å². The lowest BCUT2D eigenvalue weighted by atomic mass is 10.0. The molecule has 196 valence electrons. The molecule has 2 heterocycles. The minimum absolute atomic E-state index is 0.0224. The van der Waals surface area contributed by atoms with Gasteiger partial charge in [-0.25, -0.2) is 17.2 Å². The molecular formula is C23H33F2N3O6S. The number of hydrogen-bond donors (Lipinski definition) is 1. The Kier molecular flexibility index (Phi) is 8.38. The van der Waals surface area contributed by atoms with Gasteiger partial charge in [-0.2, -0.15) is 4.31 Å². The van der Waals surface area contributed by atoms with Crippen molar-refractivity contribution in [3.63, 3.8) is 0 Å². The van der Waals surface area contributed by atoms with Crippen LogP contribution < -0.4 is 10.1 Å². The number of sulfonamides is 1. The summed E-state index contributed by atoms with van der Waals surface area (Å²) in [6.07, 6.45) is 0.573. The maximum atomic E-state index is 13.8. The Balaban J connectivity index is 1.91. The topological polar surface area (TPSA) is 105 Å². The molecule has 2 saturated heterocycles. The van der Waals surface area contributed by atoms with E-state index in [2.05, 4.69) is 5.32 Å². The van der Waals surface area contributed by atoms with Crippen molar-refractivity contribution >= 4 is 21.8 Å². The molecule has 3 rings (SSSR count). The van der Waals surface area contributed by atoms with Crippen molar-refractivity contribution in [1.29, 1.82) is 0 Å². The Morgan fingerprint density at radius 2 is 1.91 bits per heavy atom. The zero-order chi connectivity index (χ0) is 26.1. The molecule has 2 aliphatic heterocycles. The van der Waals surface area contributed by atoms with E-state index in [0.717, 1.165) is 18.4 Å². The number of benzene rings is 1. The van der Waals surface area contributed by atoms with Crippen LogP contribution in [0, 0.1) is 17.6 Å². The molecule has 9 nitrogen and oxygen atoms in total. The fourth-order valence-electron chi connectivity index (χ4n) is 4.63. The van der Waals surface area contributed by atoms with Gasteiger partial charge in [-0.15, -0.1) is 0 Å². The first-order valence-corrected chi connectivity index (χ1v) is 13.5. The van der Waals surface area contributed by atoms with Gasteiger partial charge in [0.1, 0.15) is 17.9 Å².